The van der Waals surface area contributed by atoms with Gasteiger partial charge in [-0.05, 0) is 71.5 Å². The van der Waals surface area contributed by atoms with Gasteiger partial charge < -0.3 is 4.74 Å². The van der Waals surface area contributed by atoms with E-state index in [1.165, 1.54) is 28.2 Å². The fourth-order valence-electron chi connectivity index (χ4n) is 2.95. The Morgan fingerprint density at radius 2 is 1.88 bits per heavy atom. The normalized spacial score (nSPS) is 13.9. The van der Waals surface area contributed by atoms with E-state index in [-0.39, 0.29) is 0 Å². The zero-order valence-electron chi connectivity index (χ0n) is 14.3. The van der Waals surface area contributed by atoms with Crippen LogP contribution in [0.25, 0.3) is 0 Å². The number of hydrogen-bond acceptors (Lipinski definition) is 4. The lowest BCUT2D eigenvalue weighted by Gasteiger charge is -2.06. The summed E-state index contributed by atoms with van der Waals surface area (Å²) in [7, 11) is 0. The summed E-state index contributed by atoms with van der Waals surface area (Å²) in [6.07, 6.45) is 5.51. The van der Waals surface area contributed by atoms with Gasteiger partial charge in [0.1, 0.15) is 5.75 Å². The number of thiophene rings is 1. The van der Waals surface area contributed by atoms with Crippen LogP contribution in [-0.2, 0) is 12.8 Å². The molecule has 2 nitrogen and oxygen atoms in total. The monoisotopic (exact) mass is 377 g/mol. The summed E-state index contributed by atoms with van der Waals surface area (Å²) in [4.78, 5) is 4.75. The quantitative estimate of drug-likeness (QED) is 0.282. The minimum absolute atomic E-state index is 0.596. The number of aliphatic imine (C=N–C) groups is 1. The van der Waals surface area contributed by atoms with Crippen molar-refractivity contribution in [2.45, 2.75) is 23.5 Å². The summed E-state index contributed by atoms with van der Waals surface area (Å²) >= 11 is 3.40. The molecule has 1 aromatic heterocycles. The molecule has 26 heavy (non-hydrogen) atoms. The van der Waals surface area contributed by atoms with Crippen molar-refractivity contribution in [3.8, 4) is 5.75 Å². The van der Waals surface area contributed by atoms with Crippen molar-refractivity contribution in [2.24, 2.45) is 4.99 Å². The highest BCUT2D eigenvalue weighted by molar-refractivity contribution is 8.03. The number of hydrogen-bond donors (Lipinski definition) is 0. The minimum Gasteiger partial charge on any atom is -0.439 e. The third-order valence-corrected chi connectivity index (χ3v) is 6.06. The van der Waals surface area contributed by atoms with Crippen LogP contribution in [-0.4, -0.2) is 5.90 Å². The average molecular weight is 378 g/mol. The van der Waals surface area contributed by atoms with Gasteiger partial charge in [-0.15, -0.1) is 11.3 Å². The van der Waals surface area contributed by atoms with Gasteiger partial charge in [0.05, 0.1) is 9.90 Å². The Balaban J connectivity index is 1.57. The number of fused-ring (bicyclic) bond motifs is 1. The largest absolute Gasteiger partial charge is 0.439 e. The van der Waals surface area contributed by atoms with E-state index in [4.69, 9.17) is 9.73 Å². The smallest absolute Gasteiger partial charge is 0.220 e. The summed E-state index contributed by atoms with van der Waals surface area (Å²) in [5, 5.41) is 4.11. The molecule has 1 aliphatic rings. The molecule has 0 saturated carbocycles. The number of aryl methyl sites for hydroxylation is 2. The van der Waals surface area contributed by atoms with Crippen LogP contribution in [0.3, 0.4) is 0 Å². The van der Waals surface area contributed by atoms with E-state index < -0.39 is 0 Å². The maximum atomic E-state index is 6.01. The van der Waals surface area contributed by atoms with E-state index in [9.17, 15) is 0 Å². The van der Waals surface area contributed by atoms with Gasteiger partial charge in [0.25, 0.3) is 0 Å². The summed E-state index contributed by atoms with van der Waals surface area (Å²) < 4.78 is 7.26. The molecule has 1 heterocycles. The maximum Gasteiger partial charge on any atom is 0.220 e. The fourth-order valence-corrected chi connectivity index (χ4v) is 4.43. The van der Waals surface area contributed by atoms with Crippen molar-refractivity contribution in [3.63, 3.8) is 0 Å². The second-order valence-corrected chi connectivity index (χ2v) is 8.18. The Hall–Kier alpha value is -2.30. The Morgan fingerprint density at radius 1 is 1.00 bits per heavy atom. The zero-order chi connectivity index (χ0) is 17.6. The number of para-hydroxylation sites is 1. The van der Waals surface area contributed by atoms with Crippen molar-refractivity contribution < 1.29 is 4.74 Å². The van der Waals surface area contributed by atoms with Crippen LogP contribution in [0.1, 0.15) is 17.5 Å². The fraction of sp³-hybridized carbons (Fsp3) is 0.136. The number of rotatable bonds is 5. The predicted molar refractivity (Wildman–Crippen MR) is 112 cm³/mol. The van der Waals surface area contributed by atoms with Crippen molar-refractivity contribution in [3.05, 3.63) is 88.7 Å². The molecule has 2 aromatic carbocycles. The molecule has 4 rings (SSSR count). The van der Waals surface area contributed by atoms with E-state index in [0.29, 0.717) is 5.90 Å². The van der Waals surface area contributed by atoms with Crippen LogP contribution >= 0.6 is 23.1 Å². The van der Waals surface area contributed by atoms with E-state index >= 15 is 0 Å². The molecule has 4 heteroatoms. The maximum absolute atomic E-state index is 6.01. The van der Waals surface area contributed by atoms with Gasteiger partial charge >= 0.3 is 0 Å². The highest BCUT2D eigenvalue weighted by Crippen LogP contribution is 2.27. The van der Waals surface area contributed by atoms with Gasteiger partial charge in [-0.25, -0.2) is 4.99 Å². The van der Waals surface area contributed by atoms with Crippen molar-refractivity contribution >= 4 is 34.7 Å². The molecule has 0 bridgehead atoms. The molecule has 0 atom stereocenters. The first kappa shape index (κ1) is 17.1. The molecular formula is C22H19NOS2. The SMILES string of the molecule is C(=C\C(=N\c1ccc2c(c1)CCC2)Oc1ccccc1)/Sc1cccs1. The predicted octanol–water partition coefficient (Wildman–Crippen LogP) is 6.65. The highest BCUT2D eigenvalue weighted by atomic mass is 32.2. The number of benzene rings is 2. The Labute approximate surface area is 162 Å². The zero-order valence-corrected chi connectivity index (χ0v) is 15.9. The molecule has 130 valence electrons. The summed E-state index contributed by atoms with van der Waals surface area (Å²) in [5.74, 6) is 1.39. The topological polar surface area (TPSA) is 21.6 Å². The lowest BCUT2D eigenvalue weighted by atomic mass is 10.1. The second kappa shape index (κ2) is 8.39. The molecule has 0 radical (unpaired) electrons. The van der Waals surface area contributed by atoms with Crippen LogP contribution in [0.4, 0.5) is 5.69 Å². The third-order valence-electron chi connectivity index (χ3n) is 4.18. The van der Waals surface area contributed by atoms with Crippen molar-refractivity contribution in [2.75, 3.05) is 0 Å². The first-order chi connectivity index (χ1) is 12.9. The van der Waals surface area contributed by atoms with Crippen molar-refractivity contribution in [1.82, 2.24) is 0 Å². The molecular weight excluding hydrogens is 358 g/mol. The van der Waals surface area contributed by atoms with Gasteiger partial charge in [0.15, 0.2) is 0 Å². The molecule has 1 aliphatic carbocycles. The second-order valence-electron chi connectivity index (χ2n) is 6.02. The van der Waals surface area contributed by atoms with Crippen LogP contribution in [0.5, 0.6) is 5.75 Å². The first-order valence-corrected chi connectivity index (χ1v) is 10.4. The Bertz CT molecular complexity index is 915. The standard InChI is InChI=1S/C22H19NOS2/c1-2-8-20(9-3-1)24-21(13-15-26-22-10-5-14-25-22)23-19-12-11-17-6-4-7-18(17)16-19/h1-3,5,8-16H,4,6-7H2/b15-13+,23-21-. The molecule has 0 aliphatic heterocycles. The van der Waals surface area contributed by atoms with Gasteiger partial charge in [-0.1, -0.05) is 42.1 Å². The van der Waals surface area contributed by atoms with E-state index in [1.54, 1.807) is 23.1 Å². The average Bonchev–Trinajstić information content (AvgIpc) is 3.33. The van der Waals surface area contributed by atoms with Gasteiger partial charge in [-0.2, -0.15) is 0 Å². The summed E-state index contributed by atoms with van der Waals surface area (Å²) in [6.45, 7) is 0. The molecule has 3 aromatic rings. The molecule has 0 saturated heterocycles. The Morgan fingerprint density at radius 3 is 2.73 bits per heavy atom. The third kappa shape index (κ3) is 4.45. The lowest BCUT2D eigenvalue weighted by Crippen LogP contribution is -2.04. The van der Waals surface area contributed by atoms with Gasteiger partial charge in [-0.3, -0.25) is 0 Å². The molecule has 0 unspecified atom stereocenters. The van der Waals surface area contributed by atoms with E-state index in [2.05, 4.69) is 35.7 Å². The molecule has 0 amide bonds. The summed E-state index contributed by atoms with van der Waals surface area (Å²) in [5.41, 5.74) is 3.82. The molecule has 0 fully saturated rings. The van der Waals surface area contributed by atoms with Crippen molar-refractivity contribution in [1.29, 1.82) is 0 Å². The van der Waals surface area contributed by atoms with Gasteiger partial charge in [0, 0.05) is 6.08 Å². The number of thioether (sulfide) groups is 1. The Kier molecular flexibility index (Phi) is 5.53. The lowest BCUT2D eigenvalue weighted by molar-refractivity contribution is 0.556. The summed E-state index contributed by atoms with van der Waals surface area (Å²) in [6, 6.07) is 20.4. The highest BCUT2D eigenvalue weighted by Gasteiger charge is 2.11. The molecule has 0 N–H and O–H groups in total. The minimum atomic E-state index is 0.596. The van der Waals surface area contributed by atoms with Crippen LogP contribution in [0.15, 0.2) is 86.7 Å². The number of ether oxygens (including phenoxy) is 1. The molecule has 0 spiro atoms. The first-order valence-electron chi connectivity index (χ1n) is 8.67. The number of nitrogens with zero attached hydrogens (tertiary/aromatic N) is 1. The van der Waals surface area contributed by atoms with E-state index in [0.717, 1.165) is 17.9 Å². The van der Waals surface area contributed by atoms with Crippen LogP contribution in [0, 0.1) is 0 Å². The van der Waals surface area contributed by atoms with E-state index in [1.807, 2.05) is 41.8 Å². The van der Waals surface area contributed by atoms with Gasteiger partial charge in [0.2, 0.25) is 5.90 Å². The van der Waals surface area contributed by atoms with Crippen LogP contribution in [0.2, 0.25) is 0 Å². The van der Waals surface area contributed by atoms with Crippen LogP contribution < -0.4 is 4.74 Å².